The van der Waals surface area contributed by atoms with E-state index in [4.69, 9.17) is 5.73 Å². The summed E-state index contributed by atoms with van der Waals surface area (Å²) in [5.41, 5.74) is 7.49. The Hall–Kier alpha value is -3.59. The predicted molar refractivity (Wildman–Crippen MR) is 116 cm³/mol. The highest BCUT2D eigenvalue weighted by molar-refractivity contribution is 5.92. The van der Waals surface area contributed by atoms with Crippen LogP contribution in [0.2, 0.25) is 0 Å². The number of likely N-dealkylation sites (tertiary alicyclic amines) is 1. The van der Waals surface area contributed by atoms with Gasteiger partial charge in [0.1, 0.15) is 23.6 Å². The minimum atomic E-state index is -1.07. The molecule has 1 fully saturated rings. The van der Waals surface area contributed by atoms with E-state index in [1.54, 1.807) is 24.3 Å². The molecule has 2 aromatic carbocycles. The molecule has 3 rings (SSSR count). The van der Waals surface area contributed by atoms with Crippen LogP contribution in [0.15, 0.2) is 48.5 Å². The van der Waals surface area contributed by atoms with Crippen molar-refractivity contribution in [2.24, 2.45) is 5.73 Å². The van der Waals surface area contributed by atoms with Crippen LogP contribution in [0, 0.1) is 0 Å². The average molecular weight is 441 g/mol. The highest BCUT2D eigenvalue weighted by Gasteiger charge is 2.38. The number of carbonyl (C=O) groups excluding carboxylic acids is 2. The number of phenolic OH excluding ortho intramolecular Hbond substituents is 2. The van der Waals surface area contributed by atoms with Gasteiger partial charge in [0.05, 0.1) is 6.04 Å². The fraction of sp³-hybridized carbons (Fsp3) is 0.348. The third-order valence-corrected chi connectivity index (χ3v) is 5.54. The molecule has 0 unspecified atom stereocenters. The fourth-order valence-electron chi connectivity index (χ4n) is 3.81. The predicted octanol–water partition coefficient (Wildman–Crippen LogP) is 0.771. The molecule has 1 saturated heterocycles. The summed E-state index contributed by atoms with van der Waals surface area (Å²) < 4.78 is 0. The van der Waals surface area contributed by atoms with Crippen LogP contribution >= 0.6 is 0 Å². The van der Waals surface area contributed by atoms with E-state index >= 15 is 0 Å². The van der Waals surface area contributed by atoms with Gasteiger partial charge in [0, 0.05) is 13.0 Å². The van der Waals surface area contributed by atoms with Gasteiger partial charge < -0.3 is 31.3 Å². The molecule has 0 radical (unpaired) electrons. The molecular weight excluding hydrogens is 414 g/mol. The van der Waals surface area contributed by atoms with Gasteiger partial charge in [0.15, 0.2) is 0 Å². The molecule has 170 valence electrons. The zero-order valence-corrected chi connectivity index (χ0v) is 17.5. The van der Waals surface area contributed by atoms with Crippen LogP contribution in [0.3, 0.4) is 0 Å². The summed E-state index contributed by atoms with van der Waals surface area (Å²) in [5.74, 6) is -1.92. The van der Waals surface area contributed by atoms with Crippen LogP contribution in [0.4, 0.5) is 0 Å². The van der Waals surface area contributed by atoms with Gasteiger partial charge in [0.2, 0.25) is 11.8 Å². The fourth-order valence-corrected chi connectivity index (χ4v) is 3.81. The summed E-state index contributed by atoms with van der Waals surface area (Å²) in [4.78, 5) is 38.8. The second kappa shape index (κ2) is 10.1. The number of carboxylic acids is 1. The Balaban J connectivity index is 1.75. The quantitative estimate of drug-likeness (QED) is 0.405. The van der Waals surface area contributed by atoms with Crippen molar-refractivity contribution in [3.63, 3.8) is 0 Å². The molecule has 1 aliphatic heterocycles. The van der Waals surface area contributed by atoms with E-state index in [2.05, 4.69) is 5.32 Å². The summed E-state index contributed by atoms with van der Waals surface area (Å²) in [6, 6.07) is 9.66. The van der Waals surface area contributed by atoms with Crippen molar-refractivity contribution in [1.82, 2.24) is 10.2 Å². The van der Waals surface area contributed by atoms with Crippen LogP contribution in [-0.2, 0) is 27.2 Å². The van der Waals surface area contributed by atoms with E-state index in [1.807, 2.05) is 0 Å². The molecule has 0 spiro atoms. The number of hydrogen-bond donors (Lipinski definition) is 5. The van der Waals surface area contributed by atoms with Crippen molar-refractivity contribution >= 4 is 17.8 Å². The molecule has 9 heteroatoms. The normalized spacial score (nSPS) is 17.5. The van der Waals surface area contributed by atoms with E-state index in [9.17, 15) is 29.7 Å². The Labute approximate surface area is 185 Å². The zero-order valence-electron chi connectivity index (χ0n) is 17.5. The first-order valence-corrected chi connectivity index (χ1v) is 10.4. The van der Waals surface area contributed by atoms with Gasteiger partial charge in [-0.25, -0.2) is 4.79 Å². The number of aliphatic carboxylic acids is 1. The molecule has 3 atom stereocenters. The topological polar surface area (TPSA) is 153 Å². The number of nitrogens with one attached hydrogen (secondary N) is 1. The lowest BCUT2D eigenvalue weighted by molar-refractivity contribution is -0.149. The maximum absolute atomic E-state index is 13.2. The highest BCUT2D eigenvalue weighted by Crippen LogP contribution is 2.20. The zero-order chi connectivity index (χ0) is 23.3. The van der Waals surface area contributed by atoms with Crippen LogP contribution in [0.1, 0.15) is 24.0 Å². The lowest BCUT2D eigenvalue weighted by Gasteiger charge is -2.28. The number of hydrogen-bond acceptors (Lipinski definition) is 6. The van der Waals surface area contributed by atoms with Gasteiger partial charge in [-0.2, -0.15) is 0 Å². The number of rotatable bonds is 8. The minimum Gasteiger partial charge on any atom is -0.508 e. The maximum atomic E-state index is 13.2. The molecule has 9 nitrogen and oxygen atoms in total. The molecule has 6 N–H and O–H groups in total. The molecule has 1 heterocycles. The Morgan fingerprint density at radius 2 is 1.50 bits per heavy atom. The van der Waals surface area contributed by atoms with E-state index in [-0.39, 0.29) is 24.3 Å². The molecule has 2 amide bonds. The SMILES string of the molecule is N[C@@H](Cc1ccc(O)cc1)C(=O)N[C@@H](Cc1ccc(O)cc1)C(=O)N1CCC[C@H]1C(=O)O. The second-order valence-corrected chi connectivity index (χ2v) is 7.94. The van der Waals surface area contributed by atoms with E-state index in [1.165, 1.54) is 29.2 Å². The number of carbonyl (C=O) groups is 3. The minimum absolute atomic E-state index is 0.0714. The maximum Gasteiger partial charge on any atom is 0.326 e. The van der Waals surface area contributed by atoms with Gasteiger partial charge >= 0.3 is 5.97 Å². The number of benzene rings is 2. The Bertz CT molecular complexity index is 961. The van der Waals surface area contributed by atoms with Gasteiger partial charge in [-0.3, -0.25) is 9.59 Å². The average Bonchev–Trinajstić information content (AvgIpc) is 3.26. The van der Waals surface area contributed by atoms with E-state index in [0.29, 0.717) is 24.9 Å². The first-order valence-electron chi connectivity index (χ1n) is 10.4. The third kappa shape index (κ3) is 5.76. The number of amides is 2. The summed E-state index contributed by atoms with van der Waals surface area (Å²) in [5, 5.41) is 31.0. The number of nitrogens with two attached hydrogens (primary N) is 1. The van der Waals surface area contributed by atoms with Crippen molar-refractivity contribution in [2.45, 2.75) is 43.8 Å². The van der Waals surface area contributed by atoms with Crippen molar-refractivity contribution in [1.29, 1.82) is 0 Å². The summed E-state index contributed by atoms with van der Waals surface area (Å²) in [6.45, 7) is 0.303. The standard InChI is InChI=1S/C23H27N3O6/c24-18(12-14-3-7-16(27)8-4-14)21(29)25-19(13-15-5-9-17(28)10-6-15)22(30)26-11-1-2-20(26)23(31)32/h3-10,18-20,27-28H,1-2,11-13,24H2,(H,25,29)(H,31,32)/t18-,19-,20-/m0/s1. The first kappa shape index (κ1) is 23.1. The monoisotopic (exact) mass is 441 g/mol. The van der Waals surface area contributed by atoms with Crippen molar-refractivity contribution in [3.05, 3.63) is 59.7 Å². The second-order valence-electron chi connectivity index (χ2n) is 7.94. The molecule has 2 aromatic rings. The summed E-state index contributed by atoms with van der Waals surface area (Å²) in [7, 11) is 0. The number of phenols is 2. The van der Waals surface area contributed by atoms with Gasteiger partial charge in [-0.1, -0.05) is 24.3 Å². The van der Waals surface area contributed by atoms with Crippen LogP contribution in [0.5, 0.6) is 11.5 Å². The van der Waals surface area contributed by atoms with Crippen LogP contribution < -0.4 is 11.1 Å². The molecule has 32 heavy (non-hydrogen) atoms. The van der Waals surface area contributed by atoms with Crippen molar-refractivity contribution in [2.75, 3.05) is 6.54 Å². The molecular formula is C23H27N3O6. The summed E-state index contributed by atoms with van der Waals surface area (Å²) >= 11 is 0. The Morgan fingerprint density at radius 3 is 2.03 bits per heavy atom. The number of aromatic hydroxyl groups is 2. The molecule has 0 saturated carbocycles. The smallest absolute Gasteiger partial charge is 0.326 e. The van der Waals surface area contributed by atoms with E-state index in [0.717, 1.165) is 5.56 Å². The molecule has 0 bridgehead atoms. The molecule has 0 aliphatic carbocycles. The van der Waals surface area contributed by atoms with E-state index < -0.39 is 35.9 Å². The molecule has 1 aliphatic rings. The summed E-state index contributed by atoms with van der Waals surface area (Å²) in [6.07, 6.45) is 1.26. The molecule has 0 aromatic heterocycles. The van der Waals surface area contributed by atoms with Gasteiger partial charge in [0.25, 0.3) is 0 Å². The highest BCUT2D eigenvalue weighted by atomic mass is 16.4. The Morgan fingerprint density at radius 1 is 0.969 bits per heavy atom. The Kier molecular flexibility index (Phi) is 7.32. The first-order chi connectivity index (χ1) is 15.2. The third-order valence-electron chi connectivity index (χ3n) is 5.54. The van der Waals surface area contributed by atoms with Gasteiger partial charge in [-0.05, 0) is 54.7 Å². The van der Waals surface area contributed by atoms with Crippen LogP contribution in [-0.4, -0.2) is 62.7 Å². The lowest BCUT2D eigenvalue weighted by atomic mass is 10.0. The van der Waals surface area contributed by atoms with Crippen molar-refractivity contribution < 1.29 is 29.7 Å². The number of nitrogens with zero attached hydrogens (tertiary/aromatic N) is 1. The largest absolute Gasteiger partial charge is 0.508 e. The van der Waals surface area contributed by atoms with Crippen LogP contribution in [0.25, 0.3) is 0 Å². The number of carboxylic acid groups (broad SMARTS) is 1. The lowest BCUT2D eigenvalue weighted by Crippen LogP contribution is -2.55. The van der Waals surface area contributed by atoms with Crippen molar-refractivity contribution in [3.8, 4) is 11.5 Å². The van der Waals surface area contributed by atoms with Gasteiger partial charge in [-0.15, -0.1) is 0 Å².